The molecule has 1 fully saturated rings. The van der Waals surface area contributed by atoms with Gasteiger partial charge in [-0.1, -0.05) is 65.7 Å². The maximum atomic E-state index is 13.2. The Morgan fingerprint density at radius 2 is 1.70 bits per heavy atom. The normalized spacial score (nSPS) is 15.1. The van der Waals surface area contributed by atoms with Crippen LogP contribution in [0.3, 0.4) is 0 Å². The average molecular weight is 461 g/mol. The number of urea groups is 1. The summed E-state index contributed by atoms with van der Waals surface area (Å²) in [6.07, 6.45) is 1.43. The van der Waals surface area contributed by atoms with Gasteiger partial charge in [-0.05, 0) is 49.2 Å². The fourth-order valence-electron chi connectivity index (χ4n) is 3.34. The molecule has 1 aliphatic heterocycles. The van der Waals surface area contributed by atoms with Crippen molar-refractivity contribution >= 4 is 41.2 Å². The third kappa shape index (κ3) is 4.81. The van der Waals surface area contributed by atoms with Crippen molar-refractivity contribution in [3.63, 3.8) is 0 Å². The molecule has 0 spiro atoms. The van der Waals surface area contributed by atoms with Crippen LogP contribution in [0.5, 0.6) is 5.75 Å². The van der Waals surface area contributed by atoms with Gasteiger partial charge in [0.15, 0.2) is 0 Å². The van der Waals surface area contributed by atoms with E-state index in [4.69, 9.17) is 16.3 Å². The zero-order valence-electron chi connectivity index (χ0n) is 18.1. The summed E-state index contributed by atoms with van der Waals surface area (Å²) in [6, 6.07) is 19.0. The predicted molar refractivity (Wildman–Crippen MR) is 127 cm³/mol. The van der Waals surface area contributed by atoms with Gasteiger partial charge < -0.3 is 4.74 Å². The number of aryl methyl sites for hydroxylation is 2. The molecule has 0 unspecified atom stereocenters. The third-order valence-electron chi connectivity index (χ3n) is 5.25. The van der Waals surface area contributed by atoms with Gasteiger partial charge in [-0.25, -0.2) is 9.69 Å². The van der Waals surface area contributed by atoms with Crippen LogP contribution in [0.2, 0.25) is 5.02 Å². The molecule has 7 heteroatoms. The van der Waals surface area contributed by atoms with Crippen molar-refractivity contribution in [1.29, 1.82) is 0 Å². The fraction of sp³-hybridized carbons (Fsp3) is 0.115. The first kappa shape index (κ1) is 22.3. The van der Waals surface area contributed by atoms with Crippen molar-refractivity contribution in [2.45, 2.75) is 20.5 Å². The number of hydrogen-bond donors (Lipinski definition) is 1. The standard InChI is InChI=1S/C26H21ClN2O4/c1-16-7-10-18(11-8-16)15-33-23-6-4-3-5-19(23)13-21-24(30)28-26(32)29(25(21)31)20-12-9-17(2)22(27)14-20/h3-14H,15H2,1-2H3,(H,28,30,32)/b21-13-. The zero-order chi connectivity index (χ0) is 23.5. The summed E-state index contributed by atoms with van der Waals surface area (Å²) in [5.74, 6) is -1.00. The summed E-state index contributed by atoms with van der Waals surface area (Å²) in [5.41, 5.74) is 3.58. The van der Waals surface area contributed by atoms with Crippen molar-refractivity contribution in [1.82, 2.24) is 5.32 Å². The first-order valence-corrected chi connectivity index (χ1v) is 10.7. The van der Waals surface area contributed by atoms with Gasteiger partial charge in [0.05, 0.1) is 5.69 Å². The van der Waals surface area contributed by atoms with Gasteiger partial charge >= 0.3 is 6.03 Å². The first-order chi connectivity index (χ1) is 15.8. The number of para-hydroxylation sites is 1. The zero-order valence-corrected chi connectivity index (χ0v) is 18.8. The van der Waals surface area contributed by atoms with E-state index in [1.54, 1.807) is 36.4 Å². The molecule has 0 radical (unpaired) electrons. The van der Waals surface area contributed by atoms with Crippen LogP contribution in [0.15, 0.2) is 72.3 Å². The Kier molecular flexibility index (Phi) is 6.29. The van der Waals surface area contributed by atoms with Gasteiger partial charge in [0.1, 0.15) is 17.9 Å². The first-order valence-electron chi connectivity index (χ1n) is 10.3. The molecule has 0 saturated carbocycles. The lowest BCUT2D eigenvalue weighted by Crippen LogP contribution is -2.54. The maximum absolute atomic E-state index is 13.2. The summed E-state index contributed by atoms with van der Waals surface area (Å²) in [5, 5.41) is 2.63. The second kappa shape index (κ2) is 9.30. The van der Waals surface area contributed by atoms with Crippen LogP contribution in [0.4, 0.5) is 10.5 Å². The van der Waals surface area contributed by atoms with E-state index >= 15 is 0 Å². The van der Waals surface area contributed by atoms with Gasteiger partial charge in [-0.2, -0.15) is 0 Å². The largest absolute Gasteiger partial charge is 0.488 e. The Morgan fingerprint density at radius 1 is 0.970 bits per heavy atom. The molecule has 0 bridgehead atoms. The third-order valence-corrected chi connectivity index (χ3v) is 5.66. The smallest absolute Gasteiger partial charge is 0.335 e. The quantitative estimate of drug-likeness (QED) is 0.419. The highest BCUT2D eigenvalue weighted by Crippen LogP contribution is 2.28. The van der Waals surface area contributed by atoms with Gasteiger partial charge in [-0.3, -0.25) is 14.9 Å². The van der Waals surface area contributed by atoms with E-state index in [-0.39, 0.29) is 11.3 Å². The van der Waals surface area contributed by atoms with Crippen LogP contribution in [0.25, 0.3) is 6.08 Å². The average Bonchev–Trinajstić information content (AvgIpc) is 2.79. The maximum Gasteiger partial charge on any atom is 0.335 e. The molecule has 1 heterocycles. The molecule has 0 aromatic heterocycles. The van der Waals surface area contributed by atoms with Crippen LogP contribution < -0.4 is 15.0 Å². The summed E-state index contributed by atoms with van der Waals surface area (Å²) < 4.78 is 5.95. The van der Waals surface area contributed by atoms with Gasteiger partial charge in [0.25, 0.3) is 11.8 Å². The minimum atomic E-state index is -0.828. The Labute approximate surface area is 196 Å². The molecule has 1 N–H and O–H groups in total. The molecule has 3 aromatic carbocycles. The fourth-order valence-corrected chi connectivity index (χ4v) is 3.52. The number of anilines is 1. The van der Waals surface area contributed by atoms with E-state index in [1.165, 1.54) is 12.1 Å². The highest BCUT2D eigenvalue weighted by Gasteiger charge is 2.37. The van der Waals surface area contributed by atoms with Gasteiger partial charge in [0, 0.05) is 10.6 Å². The predicted octanol–water partition coefficient (Wildman–Crippen LogP) is 5.20. The van der Waals surface area contributed by atoms with Crippen LogP contribution in [-0.2, 0) is 16.2 Å². The number of carbonyl (C=O) groups excluding carboxylic acids is 3. The molecular formula is C26H21ClN2O4. The van der Waals surface area contributed by atoms with Crippen LogP contribution >= 0.6 is 11.6 Å². The van der Waals surface area contributed by atoms with Crippen molar-refractivity contribution < 1.29 is 19.1 Å². The van der Waals surface area contributed by atoms with Gasteiger partial charge in [0.2, 0.25) is 0 Å². The van der Waals surface area contributed by atoms with E-state index in [9.17, 15) is 14.4 Å². The second-order valence-electron chi connectivity index (χ2n) is 7.70. The van der Waals surface area contributed by atoms with Crippen LogP contribution in [0.1, 0.15) is 22.3 Å². The summed E-state index contributed by atoms with van der Waals surface area (Å²) in [4.78, 5) is 39.0. The minimum absolute atomic E-state index is 0.183. The molecule has 6 nitrogen and oxygen atoms in total. The SMILES string of the molecule is Cc1ccc(COc2ccccc2/C=C2/C(=O)NC(=O)N(c3ccc(C)c(Cl)c3)C2=O)cc1. The van der Waals surface area contributed by atoms with Crippen molar-refractivity contribution in [2.75, 3.05) is 4.90 Å². The molecule has 0 aliphatic carbocycles. The summed E-state index contributed by atoms with van der Waals surface area (Å²) in [7, 11) is 0. The lowest BCUT2D eigenvalue weighted by molar-refractivity contribution is -0.122. The molecule has 3 aromatic rings. The lowest BCUT2D eigenvalue weighted by atomic mass is 10.1. The molecule has 33 heavy (non-hydrogen) atoms. The number of barbiturate groups is 1. The molecule has 1 aliphatic rings. The van der Waals surface area contributed by atoms with Crippen molar-refractivity contribution in [3.05, 3.63) is 99.6 Å². The molecular weight excluding hydrogens is 440 g/mol. The molecule has 166 valence electrons. The van der Waals surface area contributed by atoms with Crippen molar-refractivity contribution in [3.8, 4) is 5.75 Å². The number of carbonyl (C=O) groups is 3. The Hall–Kier alpha value is -3.90. The number of benzene rings is 3. The topological polar surface area (TPSA) is 75.7 Å². The molecule has 4 amide bonds. The summed E-state index contributed by atoms with van der Waals surface area (Å²) >= 11 is 6.17. The van der Waals surface area contributed by atoms with E-state index in [1.807, 2.05) is 38.1 Å². The Bertz CT molecular complexity index is 1280. The monoisotopic (exact) mass is 460 g/mol. The number of hydrogen-bond acceptors (Lipinski definition) is 4. The lowest BCUT2D eigenvalue weighted by Gasteiger charge is -2.26. The number of nitrogens with zero attached hydrogens (tertiary/aromatic N) is 1. The minimum Gasteiger partial charge on any atom is -0.488 e. The summed E-state index contributed by atoms with van der Waals surface area (Å²) in [6.45, 7) is 4.15. The molecule has 0 atom stereocenters. The highest BCUT2D eigenvalue weighted by atomic mass is 35.5. The van der Waals surface area contributed by atoms with E-state index in [0.717, 1.165) is 21.6 Å². The second-order valence-corrected chi connectivity index (χ2v) is 8.11. The van der Waals surface area contributed by atoms with Crippen molar-refractivity contribution in [2.24, 2.45) is 0 Å². The Balaban J connectivity index is 1.64. The Morgan fingerprint density at radius 3 is 2.42 bits per heavy atom. The molecule has 4 rings (SSSR count). The van der Waals surface area contributed by atoms with E-state index < -0.39 is 17.8 Å². The van der Waals surface area contributed by atoms with Crippen LogP contribution in [-0.4, -0.2) is 17.8 Å². The number of halogens is 1. The van der Waals surface area contributed by atoms with Gasteiger partial charge in [-0.15, -0.1) is 0 Å². The number of imide groups is 2. The van der Waals surface area contributed by atoms with E-state index in [2.05, 4.69) is 5.32 Å². The number of rotatable bonds is 5. The number of ether oxygens (including phenoxy) is 1. The molecule has 1 saturated heterocycles. The van der Waals surface area contributed by atoms with Crippen LogP contribution in [0, 0.1) is 13.8 Å². The van der Waals surface area contributed by atoms with E-state index in [0.29, 0.717) is 22.9 Å². The number of amides is 4. The number of nitrogens with one attached hydrogen (secondary N) is 1. The highest BCUT2D eigenvalue weighted by molar-refractivity contribution is 6.39.